The average Bonchev–Trinajstić information content (AvgIpc) is 3.20. The number of hydrogen-bond acceptors (Lipinski definition) is 6. The fourth-order valence-electron chi connectivity index (χ4n) is 2.21. The molecule has 3 heterocycles. The molecule has 0 saturated heterocycles. The number of carbonyl (C=O) groups excluding carboxylic acids is 1. The fraction of sp³-hybridized carbons (Fsp3) is 0.250. The van der Waals surface area contributed by atoms with Gasteiger partial charge in [-0.1, -0.05) is 5.16 Å². The second kappa shape index (κ2) is 7.31. The predicted octanol–water partition coefficient (Wildman–Crippen LogP) is 2.74. The minimum absolute atomic E-state index is 0.0897. The molecule has 3 rings (SSSR count). The van der Waals surface area contributed by atoms with E-state index in [4.69, 9.17) is 4.52 Å². The summed E-state index contributed by atoms with van der Waals surface area (Å²) in [5.74, 6) is 2.32. The van der Waals surface area contributed by atoms with Gasteiger partial charge >= 0.3 is 0 Å². The highest BCUT2D eigenvalue weighted by Crippen LogP contribution is 2.20. The minimum atomic E-state index is -0.0897. The molecule has 0 aliphatic heterocycles. The normalized spacial score (nSPS) is 10.8. The zero-order valence-corrected chi connectivity index (χ0v) is 14.2. The molecule has 7 nitrogen and oxygen atoms in total. The van der Waals surface area contributed by atoms with Crippen molar-refractivity contribution in [3.05, 3.63) is 53.8 Å². The number of rotatable bonds is 6. The highest BCUT2D eigenvalue weighted by Gasteiger charge is 2.12. The molecule has 0 fully saturated rings. The van der Waals surface area contributed by atoms with Gasteiger partial charge in [0.15, 0.2) is 5.82 Å². The van der Waals surface area contributed by atoms with E-state index in [9.17, 15) is 4.79 Å². The summed E-state index contributed by atoms with van der Waals surface area (Å²) in [5, 5.41) is 11.0. The maximum atomic E-state index is 12.2. The first kappa shape index (κ1) is 16.3. The van der Waals surface area contributed by atoms with Gasteiger partial charge < -0.3 is 9.84 Å². The van der Waals surface area contributed by atoms with Crippen molar-refractivity contribution in [2.75, 3.05) is 11.1 Å². The molecule has 0 unspecified atom stereocenters. The largest absolute Gasteiger partial charge is 0.361 e. The second-order valence-electron chi connectivity index (χ2n) is 5.17. The Labute approximate surface area is 143 Å². The molecule has 0 radical (unpaired) electrons. The van der Waals surface area contributed by atoms with Crippen molar-refractivity contribution in [2.24, 2.45) is 0 Å². The topological polar surface area (TPSA) is 85.8 Å². The van der Waals surface area contributed by atoms with Crippen LogP contribution in [0.4, 0.5) is 5.69 Å². The van der Waals surface area contributed by atoms with Gasteiger partial charge in [-0.05, 0) is 32.0 Å². The first-order valence-corrected chi connectivity index (χ1v) is 8.55. The molecule has 1 N–H and O–H groups in total. The Morgan fingerprint density at radius 3 is 2.92 bits per heavy atom. The van der Waals surface area contributed by atoms with Crippen LogP contribution in [0.3, 0.4) is 0 Å². The molecular formula is C16H17N5O2S. The number of amides is 1. The molecule has 0 bridgehead atoms. The molecule has 0 aliphatic rings. The van der Waals surface area contributed by atoms with Crippen molar-refractivity contribution < 1.29 is 9.32 Å². The van der Waals surface area contributed by atoms with Crippen LogP contribution in [-0.2, 0) is 10.5 Å². The van der Waals surface area contributed by atoms with E-state index in [2.05, 4.69) is 20.6 Å². The van der Waals surface area contributed by atoms with Crippen LogP contribution >= 0.6 is 11.8 Å². The average molecular weight is 343 g/mol. The Morgan fingerprint density at radius 2 is 2.21 bits per heavy atom. The Morgan fingerprint density at radius 1 is 1.33 bits per heavy atom. The van der Waals surface area contributed by atoms with E-state index in [1.54, 1.807) is 41.5 Å². The molecule has 24 heavy (non-hydrogen) atoms. The van der Waals surface area contributed by atoms with Gasteiger partial charge in [-0.3, -0.25) is 4.79 Å². The summed E-state index contributed by atoms with van der Waals surface area (Å²) in [6.45, 7) is 3.78. The van der Waals surface area contributed by atoms with Crippen LogP contribution < -0.4 is 5.32 Å². The first-order valence-electron chi connectivity index (χ1n) is 7.39. The van der Waals surface area contributed by atoms with Crippen molar-refractivity contribution in [3.63, 3.8) is 0 Å². The predicted molar refractivity (Wildman–Crippen MR) is 92.1 cm³/mol. The lowest BCUT2D eigenvalue weighted by Gasteiger charge is -2.09. The Kier molecular flexibility index (Phi) is 4.95. The molecule has 0 aromatic carbocycles. The van der Waals surface area contributed by atoms with Crippen molar-refractivity contribution in [2.45, 2.75) is 19.6 Å². The molecule has 0 spiro atoms. The number of nitrogens with zero attached hydrogens (tertiary/aromatic N) is 4. The standard InChI is InChI=1S/C16H17N5O2S/c1-11-13(12(2)23-20-11)9-24-10-15(22)19-14-5-3-6-17-16(14)21-8-4-7-18-21/h3-8H,9-10H2,1-2H3,(H,19,22). The molecular weight excluding hydrogens is 326 g/mol. The third kappa shape index (κ3) is 3.65. The molecule has 8 heteroatoms. The summed E-state index contributed by atoms with van der Waals surface area (Å²) in [7, 11) is 0. The highest BCUT2D eigenvalue weighted by molar-refractivity contribution is 7.99. The molecule has 3 aromatic rings. The molecule has 0 saturated carbocycles. The van der Waals surface area contributed by atoms with Crippen LogP contribution in [0, 0.1) is 13.8 Å². The summed E-state index contributed by atoms with van der Waals surface area (Å²) in [4.78, 5) is 16.5. The number of thioether (sulfide) groups is 1. The smallest absolute Gasteiger partial charge is 0.234 e. The summed E-state index contributed by atoms with van der Waals surface area (Å²) >= 11 is 1.52. The maximum absolute atomic E-state index is 12.2. The van der Waals surface area contributed by atoms with E-state index in [0.29, 0.717) is 23.0 Å². The van der Waals surface area contributed by atoms with Gasteiger partial charge in [0.25, 0.3) is 0 Å². The third-order valence-corrected chi connectivity index (χ3v) is 4.40. The maximum Gasteiger partial charge on any atom is 0.234 e. The quantitative estimate of drug-likeness (QED) is 0.741. The minimum Gasteiger partial charge on any atom is -0.361 e. The zero-order valence-electron chi connectivity index (χ0n) is 13.4. The van der Waals surface area contributed by atoms with Gasteiger partial charge in [-0.2, -0.15) is 5.10 Å². The van der Waals surface area contributed by atoms with Crippen LogP contribution in [0.5, 0.6) is 0 Å². The van der Waals surface area contributed by atoms with E-state index in [-0.39, 0.29) is 5.91 Å². The molecule has 124 valence electrons. The van der Waals surface area contributed by atoms with Crippen LogP contribution in [0.1, 0.15) is 17.0 Å². The number of aromatic nitrogens is 4. The lowest BCUT2D eigenvalue weighted by molar-refractivity contribution is -0.113. The summed E-state index contributed by atoms with van der Waals surface area (Å²) in [6.07, 6.45) is 5.11. The number of carbonyl (C=O) groups is 1. The van der Waals surface area contributed by atoms with Crippen LogP contribution in [0.2, 0.25) is 0 Å². The van der Waals surface area contributed by atoms with E-state index in [0.717, 1.165) is 17.0 Å². The van der Waals surface area contributed by atoms with E-state index in [1.165, 1.54) is 11.8 Å². The molecule has 1 amide bonds. The molecule has 3 aromatic heterocycles. The molecule has 0 atom stereocenters. The van der Waals surface area contributed by atoms with Gasteiger partial charge in [0.2, 0.25) is 5.91 Å². The van der Waals surface area contributed by atoms with Crippen molar-refractivity contribution in [1.29, 1.82) is 0 Å². The lowest BCUT2D eigenvalue weighted by atomic mass is 10.2. The summed E-state index contributed by atoms with van der Waals surface area (Å²) in [6, 6.07) is 5.39. The van der Waals surface area contributed by atoms with Crippen LogP contribution in [-0.4, -0.2) is 31.6 Å². The van der Waals surface area contributed by atoms with Crippen LogP contribution in [0.25, 0.3) is 5.82 Å². The SMILES string of the molecule is Cc1noc(C)c1CSCC(=O)Nc1cccnc1-n1cccn1. The van der Waals surface area contributed by atoms with Gasteiger partial charge in [0.05, 0.1) is 17.1 Å². The monoisotopic (exact) mass is 343 g/mol. The lowest BCUT2D eigenvalue weighted by Crippen LogP contribution is -2.16. The number of aryl methyl sites for hydroxylation is 2. The Bertz CT molecular complexity index is 809. The second-order valence-corrected chi connectivity index (χ2v) is 6.15. The highest BCUT2D eigenvalue weighted by atomic mass is 32.2. The van der Waals surface area contributed by atoms with E-state index in [1.807, 2.05) is 13.8 Å². The third-order valence-electron chi connectivity index (χ3n) is 3.44. The van der Waals surface area contributed by atoms with Crippen LogP contribution in [0.15, 0.2) is 41.3 Å². The number of hydrogen-bond donors (Lipinski definition) is 1. The number of anilines is 1. The number of nitrogens with one attached hydrogen (secondary N) is 1. The van der Waals surface area contributed by atoms with Gasteiger partial charge in [0, 0.05) is 29.9 Å². The van der Waals surface area contributed by atoms with Crippen molar-refractivity contribution >= 4 is 23.4 Å². The molecule has 0 aliphatic carbocycles. The zero-order chi connectivity index (χ0) is 16.9. The van der Waals surface area contributed by atoms with Gasteiger partial charge in [0.1, 0.15) is 5.76 Å². The first-order chi connectivity index (χ1) is 11.6. The summed E-state index contributed by atoms with van der Waals surface area (Å²) < 4.78 is 6.74. The Balaban J connectivity index is 1.60. The van der Waals surface area contributed by atoms with Crippen molar-refractivity contribution in [1.82, 2.24) is 19.9 Å². The van der Waals surface area contributed by atoms with Crippen molar-refractivity contribution in [3.8, 4) is 5.82 Å². The van der Waals surface area contributed by atoms with Gasteiger partial charge in [-0.25, -0.2) is 9.67 Å². The fourth-order valence-corrected chi connectivity index (χ4v) is 3.19. The Hall–Kier alpha value is -2.61. The van der Waals surface area contributed by atoms with E-state index >= 15 is 0 Å². The summed E-state index contributed by atoms with van der Waals surface area (Å²) in [5.41, 5.74) is 2.55. The number of pyridine rings is 1. The van der Waals surface area contributed by atoms with Gasteiger partial charge in [-0.15, -0.1) is 11.8 Å². The van der Waals surface area contributed by atoms with E-state index < -0.39 is 0 Å².